The van der Waals surface area contributed by atoms with Gasteiger partial charge in [0.05, 0.1) is 12.8 Å². The minimum Gasteiger partial charge on any atom is -0.497 e. The Labute approximate surface area is 168 Å². The summed E-state index contributed by atoms with van der Waals surface area (Å²) >= 11 is 0. The SMILES string of the molecule is COc1ccc(C(=O)Nc2nn(C(=O)c3ccccc3)c3c2CNC3)cc1.Cl. The van der Waals surface area contributed by atoms with Crippen molar-refractivity contribution in [3.05, 3.63) is 77.0 Å². The molecule has 0 unspecified atom stereocenters. The third kappa shape index (κ3) is 3.62. The van der Waals surface area contributed by atoms with Gasteiger partial charge in [-0.1, -0.05) is 18.2 Å². The Bertz CT molecular complexity index is 1000. The van der Waals surface area contributed by atoms with E-state index < -0.39 is 0 Å². The maximum Gasteiger partial charge on any atom is 0.278 e. The molecule has 0 atom stereocenters. The van der Waals surface area contributed by atoms with Crippen molar-refractivity contribution in [2.24, 2.45) is 0 Å². The predicted molar refractivity (Wildman–Crippen MR) is 107 cm³/mol. The molecule has 7 nitrogen and oxygen atoms in total. The second-order valence-corrected chi connectivity index (χ2v) is 6.14. The van der Waals surface area contributed by atoms with Gasteiger partial charge >= 0.3 is 0 Å². The lowest BCUT2D eigenvalue weighted by Crippen LogP contribution is -2.19. The average molecular weight is 399 g/mol. The molecule has 1 aliphatic heterocycles. The summed E-state index contributed by atoms with van der Waals surface area (Å²) in [5.74, 6) is 0.569. The number of carbonyl (C=O) groups excluding carboxylic acids is 2. The fraction of sp³-hybridized carbons (Fsp3) is 0.150. The smallest absolute Gasteiger partial charge is 0.278 e. The molecule has 0 saturated carbocycles. The highest BCUT2D eigenvalue weighted by atomic mass is 35.5. The van der Waals surface area contributed by atoms with Gasteiger partial charge < -0.3 is 15.4 Å². The molecular weight excluding hydrogens is 380 g/mol. The number of hydrogen-bond donors (Lipinski definition) is 2. The van der Waals surface area contributed by atoms with Crippen molar-refractivity contribution < 1.29 is 14.3 Å². The number of amides is 1. The topological polar surface area (TPSA) is 85.2 Å². The van der Waals surface area contributed by atoms with Crippen LogP contribution in [0.3, 0.4) is 0 Å². The van der Waals surface area contributed by atoms with Crippen molar-refractivity contribution in [3.8, 4) is 5.75 Å². The Kier molecular flexibility index (Phi) is 5.77. The van der Waals surface area contributed by atoms with E-state index in [9.17, 15) is 9.59 Å². The van der Waals surface area contributed by atoms with E-state index in [-0.39, 0.29) is 24.2 Å². The lowest BCUT2D eigenvalue weighted by Gasteiger charge is -2.06. The summed E-state index contributed by atoms with van der Waals surface area (Å²) in [5, 5.41) is 10.4. The minimum atomic E-state index is -0.288. The second-order valence-electron chi connectivity index (χ2n) is 6.14. The van der Waals surface area contributed by atoms with Gasteiger partial charge in [-0.05, 0) is 36.4 Å². The molecule has 28 heavy (non-hydrogen) atoms. The minimum absolute atomic E-state index is 0. The van der Waals surface area contributed by atoms with Crippen molar-refractivity contribution in [1.82, 2.24) is 15.1 Å². The lowest BCUT2D eigenvalue weighted by atomic mass is 10.2. The van der Waals surface area contributed by atoms with Crippen LogP contribution in [0, 0.1) is 0 Å². The van der Waals surface area contributed by atoms with Crippen molar-refractivity contribution >= 4 is 30.0 Å². The monoisotopic (exact) mass is 398 g/mol. The molecule has 8 heteroatoms. The van der Waals surface area contributed by atoms with Crippen LogP contribution in [0.1, 0.15) is 32.0 Å². The van der Waals surface area contributed by atoms with E-state index in [4.69, 9.17) is 4.74 Å². The number of nitrogens with one attached hydrogen (secondary N) is 2. The number of rotatable bonds is 4. The van der Waals surface area contributed by atoms with E-state index in [2.05, 4.69) is 15.7 Å². The first-order valence-electron chi connectivity index (χ1n) is 8.54. The van der Waals surface area contributed by atoms with Gasteiger partial charge in [-0.25, -0.2) is 0 Å². The van der Waals surface area contributed by atoms with Gasteiger partial charge in [0.15, 0.2) is 5.82 Å². The highest BCUT2D eigenvalue weighted by Crippen LogP contribution is 2.25. The largest absolute Gasteiger partial charge is 0.497 e. The van der Waals surface area contributed by atoms with Gasteiger partial charge in [0.25, 0.3) is 11.8 Å². The maximum atomic E-state index is 12.8. The zero-order valence-electron chi connectivity index (χ0n) is 15.1. The third-order valence-electron chi connectivity index (χ3n) is 4.48. The van der Waals surface area contributed by atoms with E-state index in [0.717, 1.165) is 11.3 Å². The zero-order chi connectivity index (χ0) is 18.8. The van der Waals surface area contributed by atoms with Gasteiger partial charge in [0.2, 0.25) is 0 Å². The molecule has 2 aromatic carbocycles. The highest BCUT2D eigenvalue weighted by molar-refractivity contribution is 6.04. The third-order valence-corrected chi connectivity index (χ3v) is 4.48. The molecular formula is C20H19ClN4O3. The Morgan fingerprint density at radius 2 is 1.75 bits per heavy atom. The molecule has 144 valence electrons. The number of nitrogens with zero attached hydrogens (tertiary/aromatic N) is 2. The molecule has 0 spiro atoms. The lowest BCUT2D eigenvalue weighted by molar-refractivity contribution is 0.0939. The number of ether oxygens (including phenoxy) is 1. The number of benzene rings is 2. The summed E-state index contributed by atoms with van der Waals surface area (Å²) < 4.78 is 6.48. The van der Waals surface area contributed by atoms with Crippen LogP contribution >= 0.6 is 12.4 Å². The highest BCUT2D eigenvalue weighted by Gasteiger charge is 2.27. The quantitative estimate of drug-likeness (QED) is 0.705. The second kappa shape index (κ2) is 8.24. The Morgan fingerprint density at radius 3 is 2.43 bits per heavy atom. The molecule has 0 radical (unpaired) electrons. The fourth-order valence-corrected chi connectivity index (χ4v) is 3.05. The Hall–Kier alpha value is -3.16. The molecule has 1 aliphatic rings. The Morgan fingerprint density at radius 1 is 1.04 bits per heavy atom. The first-order valence-corrected chi connectivity index (χ1v) is 8.54. The van der Waals surface area contributed by atoms with Gasteiger partial charge in [-0.15, -0.1) is 17.5 Å². The summed E-state index contributed by atoms with van der Waals surface area (Å²) in [5.41, 5.74) is 2.64. The van der Waals surface area contributed by atoms with E-state index in [1.54, 1.807) is 43.5 Å². The standard InChI is InChI=1S/C20H18N4O3.ClH/c1-27-15-9-7-13(8-10-15)19(25)22-18-16-11-21-12-17(16)24(23-18)20(26)14-5-3-2-4-6-14;/h2-10,21H,11-12H2,1H3,(H,22,23,25);1H. The molecule has 0 bridgehead atoms. The van der Waals surface area contributed by atoms with Crippen LogP contribution < -0.4 is 15.4 Å². The number of hydrogen-bond acceptors (Lipinski definition) is 5. The van der Waals surface area contributed by atoms with Crippen LogP contribution in [-0.2, 0) is 13.1 Å². The van der Waals surface area contributed by atoms with Gasteiger partial charge in [-0.2, -0.15) is 4.68 Å². The molecule has 0 saturated heterocycles. The molecule has 1 aromatic heterocycles. The Balaban J connectivity index is 0.00000225. The molecule has 1 amide bonds. The van der Waals surface area contributed by atoms with Crippen molar-refractivity contribution in [2.45, 2.75) is 13.1 Å². The number of anilines is 1. The van der Waals surface area contributed by atoms with Crippen molar-refractivity contribution in [2.75, 3.05) is 12.4 Å². The first-order chi connectivity index (χ1) is 13.2. The van der Waals surface area contributed by atoms with Gasteiger partial charge in [0, 0.05) is 29.8 Å². The van der Waals surface area contributed by atoms with Crippen LogP contribution in [-0.4, -0.2) is 28.7 Å². The van der Waals surface area contributed by atoms with Gasteiger partial charge in [-0.3, -0.25) is 9.59 Å². The van der Waals surface area contributed by atoms with Gasteiger partial charge in [0.1, 0.15) is 5.75 Å². The molecule has 0 aliphatic carbocycles. The van der Waals surface area contributed by atoms with Crippen molar-refractivity contribution in [1.29, 1.82) is 0 Å². The van der Waals surface area contributed by atoms with E-state index in [1.165, 1.54) is 4.68 Å². The number of fused-ring (bicyclic) bond motifs is 1. The number of aromatic nitrogens is 2. The molecule has 0 fully saturated rings. The molecule has 3 aromatic rings. The van der Waals surface area contributed by atoms with E-state index >= 15 is 0 Å². The van der Waals surface area contributed by atoms with Crippen LogP contribution in [0.2, 0.25) is 0 Å². The number of carbonyl (C=O) groups is 2. The zero-order valence-corrected chi connectivity index (χ0v) is 16.0. The molecule has 2 N–H and O–H groups in total. The summed E-state index contributed by atoms with van der Waals surface area (Å²) in [6.45, 7) is 1.08. The normalized spacial score (nSPS) is 12.0. The van der Waals surface area contributed by atoms with Crippen LogP contribution in [0.15, 0.2) is 54.6 Å². The summed E-state index contributed by atoms with van der Waals surface area (Å²) in [4.78, 5) is 25.3. The maximum absolute atomic E-state index is 12.8. The average Bonchev–Trinajstić information content (AvgIpc) is 3.32. The summed E-state index contributed by atoms with van der Waals surface area (Å²) in [7, 11) is 1.57. The summed E-state index contributed by atoms with van der Waals surface area (Å²) in [6.07, 6.45) is 0. The number of halogens is 1. The summed E-state index contributed by atoms with van der Waals surface area (Å²) in [6, 6.07) is 15.8. The molecule has 2 heterocycles. The number of methoxy groups -OCH3 is 1. The van der Waals surface area contributed by atoms with Crippen molar-refractivity contribution in [3.63, 3.8) is 0 Å². The van der Waals surface area contributed by atoms with Crippen LogP contribution in [0.5, 0.6) is 5.75 Å². The molecule has 4 rings (SSSR count). The first kappa shape index (κ1) is 19.6. The van der Waals surface area contributed by atoms with E-state index in [0.29, 0.717) is 35.8 Å². The van der Waals surface area contributed by atoms with E-state index in [1.807, 2.05) is 18.2 Å². The fourth-order valence-electron chi connectivity index (χ4n) is 3.05. The van der Waals surface area contributed by atoms with Crippen LogP contribution in [0.4, 0.5) is 5.82 Å². The predicted octanol–water partition coefficient (Wildman–Crippen LogP) is 2.86. The van der Waals surface area contributed by atoms with Crippen LogP contribution in [0.25, 0.3) is 0 Å².